The standard InChI is InChI=1S/C22H20Cl2N2O2/c1-13-5-10-18-17(11-13)19(20(27)22(28)25-16-3-2-4-16)21(24)26(18)12-14-6-8-15(23)9-7-14/h5-11,16H,2-4,12H2,1H3,(H,25,28). The van der Waals surface area contributed by atoms with Gasteiger partial charge in [-0.1, -0.05) is 47.0 Å². The zero-order valence-corrected chi connectivity index (χ0v) is 17.0. The second kappa shape index (κ2) is 7.61. The summed E-state index contributed by atoms with van der Waals surface area (Å²) in [6.07, 6.45) is 2.92. The van der Waals surface area contributed by atoms with E-state index in [1.54, 1.807) is 0 Å². The van der Waals surface area contributed by atoms with E-state index in [1.807, 2.05) is 54.0 Å². The Hall–Kier alpha value is -2.30. The fourth-order valence-corrected chi connectivity index (χ4v) is 3.96. The lowest BCUT2D eigenvalue weighted by atomic mass is 9.93. The summed E-state index contributed by atoms with van der Waals surface area (Å²) in [6.45, 7) is 2.43. The van der Waals surface area contributed by atoms with Crippen LogP contribution in [0.5, 0.6) is 0 Å². The van der Waals surface area contributed by atoms with E-state index in [9.17, 15) is 9.59 Å². The molecule has 6 heteroatoms. The topological polar surface area (TPSA) is 51.1 Å². The van der Waals surface area contributed by atoms with Crippen LogP contribution < -0.4 is 5.32 Å². The third-order valence-electron chi connectivity index (χ3n) is 5.28. The molecule has 1 amide bonds. The Balaban J connectivity index is 1.76. The van der Waals surface area contributed by atoms with Gasteiger partial charge in [0.05, 0.1) is 11.1 Å². The molecule has 3 aromatic rings. The Bertz CT molecular complexity index is 1070. The minimum absolute atomic E-state index is 0.0966. The molecule has 1 aromatic heterocycles. The van der Waals surface area contributed by atoms with Crippen molar-refractivity contribution < 1.29 is 9.59 Å². The third kappa shape index (κ3) is 3.54. The van der Waals surface area contributed by atoms with E-state index in [0.717, 1.165) is 35.9 Å². The van der Waals surface area contributed by atoms with Crippen molar-refractivity contribution in [3.63, 3.8) is 0 Å². The van der Waals surface area contributed by atoms with Crippen molar-refractivity contribution in [1.82, 2.24) is 9.88 Å². The monoisotopic (exact) mass is 414 g/mol. The number of rotatable bonds is 5. The summed E-state index contributed by atoms with van der Waals surface area (Å²) in [5.41, 5.74) is 3.10. The first kappa shape index (κ1) is 19.0. The molecule has 144 valence electrons. The fourth-order valence-electron chi connectivity index (χ4n) is 3.50. The average molecular weight is 415 g/mol. The van der Waals surface area contributed by atoms with Gasteiger partial charge < -0.3 is 9.88 Å². The van der Waals surface area contributed by atoms with Gasteiger partial charge in [0.25, 0.3) is 11.7 Å². The van der Waals surface area contributed by atoms with Gasteiger partial charge in [-0.3, -0.25) is 9.59 Å². The van der Waals surface area contributed by atoms with Crippen LogP contribution in [0.25, 0.3) is 10.9 Å². The molecule has 1 aliphatic carbocycles. The summed E-state index contributed by atoms with van der Waals surface area (Å²) < 4.78 is 1.86. The minimum Gasteiger partial charge on any atom is -0.346 e. The average Bonchev–Trinajstić information content (AvgIpc) is 2.90. The van der Waals surface area contributed by atoms with Gasteiger partial charge in [0, 0.05) is 23.0 Å². The summed E-state index contributed by atoms with van der Waals surface area (Å²) in [5, 5.41) is 4.46. The van der Waals surface area contributed by atoms with E-state index in [4.69, 9.17) is 23.2 Å². The van der Waals surface area contributed by atoms with Gasteiger partial charge in [-0.2, -0.15) is 0 Å². The highest BCUT2D eigenvalue weighted by Gasteiger charge is 2.29. The molecule has 0 saturated heterocycles. The van der Waals surface area contributed by atoms with Crippen LogP contribution in [0.1, 0.15) is 40.7 Å². The van der Waals surface area contributed by atoms with Crippen LogP contribution in [-0.2, 0) is 11.3 Å². The number of ketones is 1. The Kier molecular flexibility index (Phi) is 5.17. The van der Waals surface area contributed by atoms with Gasteiger partial charge in [0.2, 0.25) is 0 Å². The molecule has 0 spiro atoms. The van der Waals surface area contributed by atoms with Gasteiger partial charge in [-0.25, -0.2) is 0 Å². The Morgan fingerprint density at radius 2 is 1.82 bits per heavy atom. The Labute approximate surface area is 173 Å². The SMILES string of the molecule is Cc1ccc2c(c1)c(C(=O)C(=O)NC1CCC1)c(Cl)n2Cc1ccc(Cl)cc1. The number of halogens is 2. The van der Waals surface area contributed by atoms with Crippen molar-refractivity contribution in [3.8, 4) is 0 Å². The molecule has 0 unspecified atom stereocenters. The number of carbonyl (C=O) groups excluding carboxylic acids is 2. The van der Waals surface area contributed by atoms with Crippen molar-refractivity contribution in [1.29, 1.82) is 0 Å². The minimum atomic E-state index is -0.585. The number of benzene rings is 2. The quantitative estimate of drug-likeness (QED) is 0.463. The third-order valence-corrected chi connectivity index (χ3v) is 5.93. The summed E-state index contributed by atoms with van der Waals surface area (Å²) >= 11 is 12.6. The summed E-state index contributed by atoms with van der Waals surface area (Å²) in [4.78, 5) is 25.4. The van der Waals surface area contributed by atoms with Crippen LogP contribution >= 0.6 is 23.2 Å². The summed E-state index contributed by atoms with van der Waals surface area (Å²) in [6, 6.07) is 13.4. The highest BCUT2D eigenvalue weighted by Crippen LogP contribution is 2.32. The van der Waals surface area contributed by atoms with E-state index < -0.39 is 11.7 Å². The van der Waals surface area contributed by atoms with Crippen LogP contribution in [0.4, 0.5) is 0 Å². The molecule has 1 N–H and O–H groups in total. The van der Waals surface area contributed by atoms with E-state index >= 15 is 0 Å². The first-order chi connectivity index (χ1) is 13.4. The number of carbonyl (C=O) groups is 2. The Morgan fingerprint density at radius 3 is 2.46 bits per heavy atom. The predicted molar refractivity (Wildman–Crippen MR) is 112 cm³/mol. The molecular weight excluding hydrogens is 395 g/mol. The molecule has 4 rings (SSSR count). The molecule has 0 aliphatic heterocycles. The lowest BCUT2D eigenvalue weighted by Gasteiger charge is -2.25. The highest BCUT2D eigenvalue weighted by atomic mass is 35.5. The number of aryl methyl sites for hydroxylation is 1. The molecule has 2 aromatic carbocycles. The largest absolute Gasteiger partial charge is 0.346 e. The highest BCUT2D eigenvalue weighted by molar-refractivity contribution is 6.49. The molecule has 1 heterocycles. The van der Waals surface area contributed by atoms with E-state index in [-0.39, 0.29) is 16.8 Å². The lowest BCUT2D eigenvalue weighted by molar-refractivity contribution is -0.118. The summed E-state index contributed by atoms with van der Waals surface area (Å²) in [5.74, 6) is -1.17. The van der Waals surface area contributed by atoms with E-state index in [2.05, 4.69) is 5.32 Å². The van der Waals surface area contributed by atoms with Gasteiger partial charge in [0.1, 0.15) is 5.15 Å². The second-order valence-corrected chi connectivity index (χ2v) is 8.12. The molecule has 1 fully saturated rings. The number of hydrogen-bond donors (Lipinski definition) is 1. The van der Waals surface area contributed by atoms with Gasteiger partial charge in [-0.15, -0.1) is 0 Å². The van der Waals surface area contributed by atoms with Crippen LogP contribution in [0, 0.1) is 6.92 Å². The molecule has 1 saturated carbocycles. The zero-order valence-electron chi connectivity index (χ0n) is 15.5. The molecular formula is C22H20Cl2N2O2. The smallest absolute Gasteiger partial charge is 0.292 e. The van der Waals surface area contributed by atoms with Crippen molar-refractivity contribution in [2.45, 2.75) is 38.8 Å². The van der Waals surface area contributed by atoms with Crippen LogP contribution in [0.15, 0.2) is 42.5 Å². The fraction of sp³-hybridized carbons (Fsp3) is 0.273. The molecule has 4 nitrogen and oxygen atoms in total. The van der Waals surface area contributed by atoms with Crippen molar-refractivity contribution in [2.24, 2.45) is 0 Å². The normalized spacial score (nSPS) is 14.1. The number of amides is 1. The number of fused-ring (bicyclic) bond motifs is 1. The summed E-state index contributed by atoms with van der Waals surface area (Å²) in [7, 11) is 0. The van der Waals surface area contributed by atoms with Gasteiger partial charge in [-0.05, 0) is 56.0 Å². The molecule has 28 heavy (non-hydrogen) atoms. The maximum Gasteiger partial charge on any atom is 0.292 e. The van der Waals surface area contributed by atoms with Crippen molar-refractivity contribution in [2.75, 3.05) is 0 Å². The first-order valence-electron chi connectivity index (χ1n) is 9.32. The van der Waals surface area contributed by atoms with Crippen LogP contribution in [0.3, 0.4) is 0 Å². The van der Waals surface area contributed by atoms with Gasteiger partial charge in [0.15, 0.2) is 0 Å². The number of Topliss-reactive ketones (excluding diaryl/α,β-unsaturated/α-hetero) is 1. The Morgan fingerprint density at radius 1 is 1.11 bits per heavy atom. The zero-order chi connectivity index (χ0) is 19.8. The first-order valence-corrected chi connectivity index (χ1v) is 10.1. The van der Waals surface area contributed by atoms with Crippen LogP contribution in [-0.4, -0.2) is 22.3 Å². The lowest BCUT2D eigenvalue weighted by Crippen LogP contribution is -2.43. The van der Waals surface area contributed by atoms with Gasteiger partial charge >= 0.3 is 0 Å². The second-order valence-electron chi connectivity index (χ2n) is 7.33. The van der Waals surface area contributed by atoms with Crippen molar-refractivity contribution >= 4 is 45.8 Å². The maximum absolute atomic E-state index is 12.9. The van der Waals surface area contributed by atoms with E-state index in [1.165, 1.54) is 0 Å². The number of aromatic nitrogens is 1. The predicted octanol–water partition coefficient (Wildman–Crippen LogP) is 5.16. The van der Waals surface area contributed by atoms with E-state index in [0.29, 0.717) is 17.0 Å². The molecule has 0 bridgehead atoms. The molecule has 0 radical (unpaired) electrons. The van der Waals surface area contributed by atoms with Crippen molar-refractivity contribution in [3.05, 3.63) is 69.3 Å². The molecule has 0 atom stereocenters. The molecule has 1 aliphatic rings. The van der Waals surface area contributed by atoms with Crippen LogP contribution in [0.2, 0.25) is 10.2 Å². The number of nitrogens with one attached hydrogen (secondary N) is 1. The maximum atomic E-state index is 12.9. The number of hydrogen-bond acceptors (Lipinski definition) is 2. The number of nitrogens with zero attached hydrogens (tertiary/aromatic N) is 1.